The third kappa shape index (κ3) is 4.55. The molecule has 110 valence electrons. The van der Waals surface area contributed by atoms with E-state index in [2.05, 4.69) is 5.32 Å². The van der Waals surface area contributed by atoms with Crippen molar-refractivity contribution in [1.29, 1.82) is 0 Å². The van der Waals surface area contributed by atoms with Crippen molar-refractivity contribution in [1.82, 2.24) is 0 Å². The number of rotatable bonds is 7. The zero-order valence-corrected chi connectivity index (χ0v) is 11.8. The third-order valence-corrected chi connectivity index (χ3v) is 2.87. The van der Waals surface area contributed by atoms with E-state index in [9.17, 15) is 9.59 Å². The molecular weight excluding hydrogens is 258 g/mol. The lowest BCUT2D eigenvalue weighted by Gasteiger charge is -2.13. The molecule has 1 rings (SSSR count). The van der Waals surface area contributed by atoms with Gasteiger partial charge < -0.3 is 21.5 Å². The number of hydrogen-bond donors (Lipinski definition) is 3. The fourth-order valence-electron chi connectivity index (χ4n) is 1.87. The quantitative estimate of drug-likeness (QED) is 0.698. The molecule has 0 radical (unpaired) electrons. The number of nitrogens with one attached hydrogen (secondary N) is 1. The normalized spacial score (nSPS) is 11.8. The number of hydrogen-bond acceptors (Lipinski definition) is 4. The number of methoxy groups -OCH3 is 1. The molecule has 2 amide bonds. The Morgan fingerprint density at radius 1 is 1.40 bits per heavy atom. The minimum Gasteiger partial charge on any atom is -0.495 e. The SMILES string of the molecule is CCCC(N)CC(=O)Nc1cc(C(N)=O)ccc1OC. The summed E-state index contributed by atoms with van der Waals surface area (Å²) in [7, 11) is 1.48. The number of amides is 2. The predicted octanol–water partition coefficient (Wildman–Crippen LogP) is 1.25. The van der Waals surface area contributed by atoms with E-state index in [-0.39, 0.29) is 18.4 Å². The van der Waals surface area contributed by atoms with Crippen molar-refractivity contribution in [2.24, 2.45) is 11.5 Å². The topological polar surface area (TPSA) is 107 Å². The molecule has 0 aliphatic carbocycles. The van der Waals surface area contributed by atoms with Gasteiger partial charge in [0.2, 0.25) is 11.8 Å². The van der Waals surface area contributed by atoms with Crippen molar-refractivity contribution in [3.8, 4) is 5.75 Å². The highest BCUT2D eigenvalue weighted by molar-refractivity contribution is 5.97. The van der Waals surface area contributed by atoms with Gasteiger partial charge in [-0.2, -0.15) is 0 Å². The fourth-order valence-corrected chi connectivity index (χ4v) is 1.87. The van der Waals surface area contributed by atoms with Gasteiger partial charge in [0, 0.05) is 18.0 Å². The molecule has 20 heavy (non-hydrogen) atoms. The van der Waals surface area contributed by atoms with Crippen LogP contribution in [-0.2, 0) is 4.79 Å². The molecule has 0 aliphatic rings. The standard InChI is InChI=1S/C14H21N3O3/c1-3-4-10(15)8-13(18)17-11-7-9(14(16)19)5-6-12(11)20-2/h5-7,10H,3-4,8,15H2,1-2H3,(H2,16,19)(H,17,18). The molecule has 5 N–H and O–H groups in total. The molecule has 0 aromatic heterocycles. The number of carbonyl (C=O) groups excluding carboxylic acids is 2. The van der Waals surface area contributed by atoms with Crippen LogP contribution in [0.4, 0.5) is 5.69 Å². The summed E-state index contributed by atoms with van der Waals surface area (Å²) < 4.78 is 5.14. The van der Waals surface area contributed by atoms with Gasteiger partial charge in [0.05, 0.1) is 12.8 Å². The Hall–Kier alpha value is -2.08. The Labute approximate surface area is 118 Å². The van der Waals surface area contributed by atoms with Gasteiger partial charge in [0.15, 0.2) is 0 Å². The van der Waals surface area contributed by atoms with E-state index >= 15 is 0 Å². The van der Waals surface area contributed by atoms with E-state index in [1.54, 1.807) is 12.1 Å². The summed E-state index contributed by atoms with van der Waals surface area (Å²) >= 11 is 0. The third-order valence-electron chi connectivity index (χ3n) is 2.87. The number of benzene rings is 1. The van der Waals surface area contributed by atoms with Gasteiger partial charge in [0.1, 0.15) is 5.75 Å². The van der Waals surface area contributed by atoms with Gasteiger partial charge >= 0.3 is 0 Å². The van der Waals surface area contributed by atoms with Gasteiger partial charge in [-0.15, -0.1) is 0 Å². The van der Waals surface area contributed by atoms with Crippen molar-refractivity contribution in [3.05, 3.63) is 23.8 Å². The average molecular weight is 279 g/mol. The second-order valence-electron chi connectivity index (χ2n) is 4.58. The maximum absolute atomic E-state index is 11.9. The molecule has 0 aliphatic heterocycles. The number of nitrogens with two attached hydrogens (primary N) is 2. The lowest BCUT2D eigenvalue weighted by atomic mass is 10.1. The maximum Gasteiger partial charge on any atom is 0.248 e. The number of carbonyl (C=O) groups is 2. The van der Waals surface area contributed by atoms with Crippen LogP contribution >= 0.6 is 0 Å². The Balaban J connectivity index is 2.81. The monoisotopic (exact) mass is 279 g/mol. The maximum atomic E-state index is 11.9. The number of ether oxygens (including phenoxy) is 1. The molecule has 0 heterocycles. The minimum absolute atomic E-state index is 0.176. The Morgan fingerprint density at radius 3 is 2.65 bits per heavy atom. The average Bonchev–Trinajstić information content (AvgIpc) is 2.38. The van der Waals surface area contributed by atoms with E-state index in [0.29, 0.717) is 17.0 Å². The number of primary amides is 1. The highest BCUT2D eigenvalue weighted by Gasteiger charge is 2.13. The second-order valence-corrected chi connectivity index (χ2v) is 4.58. The summed E-state index contributed by atoms with van der Waals surface area (Å²) in [4.78, 5) is 23.0. The highest BCUT2D eigenvalue weighted by atomic mass is 16.5. The molecule has 0 spiro atoms. The largest absolute Gasteiger partial charge is 0.495 e. The lowest BCUT2D eigenvalue weighted by Crippen LogP contribution is -2.27. The molecule has 1 aromatic rings. The fraction of sp³-hybridized carbons (Fsp3) is 0.429. The Bertz CT molecular complexity index is 489. The van der Waals surface area contributed by atoms with Crippen molar-refractivity contribution in [2.75, 3.05) is 12.4 Å². The molecule has 6 nitrogen and oxygen atoms in total. The molecule has 0 fully saturated rings. The Kier molecular flexibility index (Phi) is 5.99. The van der Waals surface area contributed by atoms with E-state index in [0.717, 1.165) is 12.8 Å². The molecule has 1 unspecified atom stereocenters. The first-order valence-corrected chi connectivity index (χ1v) is 6.51. The number of anilines is 1. The van der Waals surface area contributed by atoms with Crippen LogP contribution in [-0.4, -0.2) is 25.0 Å². The molecular formula is C14H21N3O3. The van der Waals surface area contributed by atoms with E-state index in [1.807, 2.05) is 6.92 Å². The van der Waals surface area contributed by atoms with Crippen molar-refractivity contribution >= 4 is 17.5 Å². The Morgan fingerprint density at radius 2 is 2.10 bits per heavy atom. The molecule has 1 aromatic carbocycles. The van der Waals surface area contributed by atoms with Gasteiger partial charge in [-0.3, -0.25) is 9.59 Å². The van der Waals surface area contributed by atoms with Crippen LogP contribution < -0.4 is 21.5 Å². The summed E-state index contributed by atoms with van der Waals surface area (Å²) in [6.45, 7) is 2.01. The first-order valence-electron chi connectivity index (χ1n) is 6.51. The van der Waals surface area contributed by atoms with Gasteiger partial charge in [-0.05, 0) is 24.6 Å². The molecule has 0 saturated heterocycles. The van der Waals surface area contributed by atoms with Crippen LogP contribution in [0.25, 0.3) is 0 Å². The van der Waals surface area contributed by atoms with Crippen LogP contribution in [0.2, 0.25) is 0 Å². The zero-order chi connectivity index (χ0) is 15.1. The predicted molar refractivity (Wildman–Crippen MR) is 77.6 cm³/mol. The van der Waals surface area contributed by atoms with Gasteiger partial charge in [-0.1, -0.05) is 13.3 Å². The first kappa shape index (κ1) is 16.0. The zero-order valence-electron chi connectivity index (χ0n) is 11.8. The van der Waals surface area contributed by atoms with Crippen LogP contribution in [0.15, 0.2) is 18.2 Å². The molecule has 6 heteroatoms. The van der Waals surface area contributed by atoms with Gasteiger partial charge in [-0.25, -0.2) is 0 Å². The second kappa shape index (κ2) is 7.49. The van der Waals surface area contributed by atoms with Crippen molar-refractivity contribution in [2.45, 2.75) is 32.2 Å². The van der Waals surface area contributed by atoms with Crippen LogP contribution in [0.3, 0.4) is 0 Å². The minimum atomic E-state index is -0.564. The summed E-state index contributed by atoms with van der Waals surface area (Å²) in [6.07, 6.45) is 1.93. The molecule has 1 atom stereocenters. The van der Waals surface area contributed by atoms with Crippen molar-refractivity contribution in [3.63, 3.8) is 0 Å². The van der Waals surface area contributed by atoms with Crippen LogP contribution in [0, 0.1) is 0 Å². The van der Waals surface area contributed by atoms with Crippen molar-refractivity contribution < 1.29 is 14.3 Å². The summed E-state index contributed by atoms with van der Waals surface area (Å²) in [5.41, 5.74) is 11.8. The summed E-state index contributed by atoms with van der Waals surface area (Å²) in [6, 6.07) is 4.44. The first-order chi connectivity index (χ1) is 9.47. The smallest absolute Gasteiger partial charge is 0.248 e. The molecule has 0 saturated carbocycles. The summed E-state index contributed by atoms with van der Waals surface area (Å²) in [5.74, 6) is -0.316. The van der Waals surface area contributed by atoms with Crippen LogP contribution in [0.5, 0.6) is 5.75 Å². The van der Waals surface area contributed by atoms with E-state index in [4.69, 9.17) is 16.2 Å². The highest BCUT2D eigenvalue weighted by Crippen LogP contribution is 2.25. The van der Waals surface area contributed by atoms with E-state index in [1.165, 1.54) is 13.2 Å². The lowest BCUT2D eigenvalue weighted by molar-refractivity contribution is -0.116. The van der Waals surface area contributed by atoms with Crippen LogP contribution in [0.1, 0.15) is 36.5 Å². The molecule has 0 bridgehead atoms. The summed E-state index contributed by atoms with van der Waals surface area (Å²) in [5, 5.41) is 2.69. The van der Waals surface area contributed by atoms with E-state index < -0.39 is 5.91 Å². The van der Waals surface area contributed by atoms with Gasteiger partial charge in [0.25, 0.3) is 0 Å².